The topological polar surface area (TPSA) is 86.8 Å². The third-order valence-corrected chi connectivity index (χ3v) is 6.75. The van der Waals surface area contributed by atoms with Gasteiger partial charge in [-0.15, -0.1) is 0 Å². The van der Waals surface area contributed by atoms with E-state index >= 15 is 0 Å². The summed E-state index contributed by atoms with van der Waals surface area (Å²) >= 11 is 0. The summed E-state index contributed by atoms with van der Waals surface area (Å²) in [7, 11) is -3.74. The molecule has 0 spiro atoms. The van der Waals surface area contributed by atoms with Crippen LogP contribution in [0.3, 0.4) is 0 Å². The van der Waals surface area contributed by atoms with Crippen molar-refractivity contribution in [3.05, 3.63) is 65.7 Å². The number of benzene rings is 2. The minimum Gasteiger partial charge on any atom is -0.354 e. The molecule has 2 amide bonds. The summed E-state index contributed by atoms with van der Waals surface area (Å²) in [6.45, 7) is 10.1. The molecule has 0 unspecified atom stereocenters. The Morgan fingerprint density at radius 1 is 1.00 bits per heavy atom. The molecule has 0 aliphatic rings. The largest absolute Gasteiger partial charge is 0.354 e. The average Bonchev–Trinajstić information content (AvgIpc) is 2.78. The van der Waals surface area contributed by atoms with Crippen molar-refractivity contribution in [1.82, 2.24) is 10.2 Å². The summed E-state index contributed by atoms with van der Waals surface area (Å²) in [4.78, 5) is 27.6. The Balaban J connectivity index is 2.35. The monoisotopic (exact) mass is 487 g/mol. The van der Waals surface area contributed by atoms with Crippen molar-refractivity contribution in [3.8, 4) is 0 Å². The maximum atomic E-state index is 13.5. The predicted octanol–water partition coefficient (Wildman–Crippen LogP) is 3.69. The quantitative estimate of drug-likeness (QED) is 0.554. The fourth-order valence-corrected chi connectivity index (χ4v) is 4.35. The number of nitrogens with one attached hydrogen (secondary N) is 1. The first-order valence-corrected chi connectivity index (χ1v) is 13.4. The van der Waals surface area contributed by atoms with Gasteiger partial charge in [-0.25, -0.2) is 8.42 Å². The first-order chi connectivity index (χ1) is 15.8. The van der Waals surface area contributed by atoms with Crippen LogP contribution in [-0.2, 0) is 31.6 Å². The molecule has 0 fully saturated rings. The number of anilines is 1. The van der Waals surface area contributed by atoms with Gasteiger partial charge in [0.1, 0.15) is 12.6 Å². The predicted molar refractivity (Wildman–Crippen MR) is 137 cm³/mol. The summed E-state index contributed by atoms with van der Waals surface area (Å²) < 4.78 is 26.4. The molecule has 34 heavy (non-hydrogen) atoms. The maximum absolute atomic E-state index is 13.5. The molecule has 0 bridgehead atoms. The molecule has 186 valence electrons. The van der Waals surface area contributed by atoms with Crippen LogP contribution in [0.1, 0.15) is 52.2 Å². The Bertz CT molecular complexity index is 1060. The van der Waals surface area contributed by atoms with Crippen LogP contribution in [0.2, 0.25) is 0 Å². The number of hydrogen-bond donors (Lipinski definition) is 1. The molecule has 0 radical (unpaired) electrons. The molecule has 0 saturated carbocycles. The number of nitrogens with zero attached hydrogens (tertiary/aromatic N) is 2. The molecule has 0 aliphatic heterocycles. The van der Waals surface area contributed by atoms with Gasteiger partial charge in [-0.2, -0.15) is 0 Å². The Labute approximate surface area is 204 Å². The van der Waals surface area contributed by atoms with Gasteiger partial charge in [0.15, 0.2) is 0 Å². The Hall–Kier alpha value is -2.87. The lowest BCUT2D eigenvalue weighted by Gasteiger charge is -2.31. The van der Waals surface area contributed by atoms with Crippen molar-refractivity contribution < 1.29 is 18.0 Å². The first-order valence-electron chi connectivity index (χ1n) is 11.5. The highest BCUT2D eigenvalue weighted by Crippen LogP contribution is 2.26. The molecule has 2 aromatic rings. The average molecular weight is 488 g/mol. The van der Waals surface area contributed by atoms with E-state index in [1.807, 2.05) is 49.4 Å². The molecule has 1 atom stereocenters. The van der Waals surface area contributed by atoms with Crippen molar-refractivity contribution in [3.63, 3.8) is 0 Å². The van der Waals surface area contributed by atoms with Gasteiger partial charge < -0.3 is 10.2 Å². The minimum absolute atomic E-state index is 0.0853. The van der Waals surface area contributed by atoms with Gasteiger partial charge in [0.2, 0.25) is 21.8 Å². The zero-order valence-electron chi connectivity index (χ0n) is 21.0. The summed E-state index contributed by atoms with van der Waals surface area (Å²) in [5.41, 5.74) is 2.24. The molecule has 0 aliphatic carbocycles. The number of hydrogen-bond acceptors (Lipinski definition) is 4. The molecule has 2 aromatic carbocycles. The molecule has 1 N–H and O–H groups in total. The molecule has 0 heterocycles. The molecular weight excluding hydrogens is 450 g/mol. The lowest BCUT2D eigenvalue weighted by molar-refractivity contribution is -0.139. The van der Waals surface area contributed by atoms with E-state index in [0.717, 1.165) is 28.1 Å². The van der Waals surface area contributed by atoms with Crippen LogP contribution < -0.4 is 9.62 Å². The highest BCUT2D eigenvalue weighted by Gasteiger charge is 2.30. The smallest absolute Gasteiger partial charge is 0.244 e. The third kappa shape index (κ3) is 7.58. The SMILES string of the molecule is CCCNC(=O)[C@H](C)N(Cc1ccccc1)C(=O)CN(c1ccc(C(C)(C)C)cc1)S(C)(=O)=O. The number of carbonyl (C=O) groups is 2. The van der Waals surface area contributed by atoms with Gasteiger partial charge in [-0.3, -0.25) is 13.9 Å². The number of amides is 2. The highest BCUT2D eigenvalue weighted by molar-refractivity contribution is 7.92. The van der Waals surface area contributed by atoms with Crippen LogP contribution >= 0.6 is 0 Å². The molecule has 8 heteroatoms. The van der Waals surface area contributed by atoms with Crippen molar-refractivity contribution >= 4 is 27.5 Å². The highest BCUT2D eigenvalue weighted by atomic mass is 32.2. The van der Waals surface area contributed by atoms with Gasteiger partial charge in [-0.1, -0.05) is 70.2 Å². The van der Waals surface area contributed by atoms with E-state index in [2.05, 4.69) is 26.1 Å². The van der Waals surface area contributed by atoms with Crippen LogP contribution in [0.5, 0.6) is 0 Å². The van der Waals surface area contributed by atoms with Crippen molar-refractivity contribution in [2.24, 2.45) is 0 Å². The lowest BCUT2D eigenvalue weighted by Crippen LogP contribution is -2.51. The van der Waals surface area contributed by atoms with E-state index in [9.17, 15) is 18.0 Å². The van der Waals surface area contributed by atoms with Crippen LogP contribution in [-0.4, -0.2) is 50.5 Å². The standard InChI is InChI=1S/C26H37N3O4S/c1-7-17-27-25(31)20(2)28(18-21-11-9-8-10-12-21)24(30)19-29(34(6,32)33)23-15-13-22(14-16-23)26(3,4)5/h8-16,20H,7,17-19H2,1-6H3,(H,27,31)/t20-/m0/s1. The lowest BCUT2D eigenvalue weighted by atomic mass is 9.87. The molecular formula is C26H37N3O4S. The van der Waals surface area contributed by atoms with Crippen LogP contribution in [0.15, 0.2) is 54.6 Å². The summed E-state index contributed by atoms with van der Waals surface area (Å²) in [5.74, 6) is -0.722. The van der Waals surface area contributed by atoms with Crippen molar-refractivity contribution in [2.45, 2.75) is 59.0 Å². The minimum atomic E-state index is -3.74. The molecule has 7 nitrogen and oxygen atoms in total. The Morgan fingerprint density at radius 3 is 2.09 bits per heavy atom. The Morgan fingerprint density at radius 2 is 1.59 bits per heavy atom. The van der Waals surface area contributed by atoms with Crippen LogP contribution in [0.25, 0.3) is 0 Å². The Kier molecular flexibility index (Phi) is 9.27. The summed E-state index contributed by atoms with van der Waals surface area (Å²) in [6, 6.07) is 15.8. The number of sulfonamides is 1. The van der Waals surface area contributed by atoms with Gasteiger partial charge in [-0.05, 0) is 42.0 Å². The zero-order chi connectivity index (χ0) is 25.5. The van der Waals surface area contributed by atoms with Gasteiger partial charge in [0.05, 0.1) is 11.9 Å². The third-order valence-electron chi connectivity index (χ3n) is 5.61. The first kappa shape index (κ1) is 27.4. The van der Waals surface area contributed by atoms with E-state index in [0.29, 0.717) is 12.2 Å². The fourth-order valence-electron chi connectivity index (χ4n) is 3.50. The summed E-state index contributed by atoms with van der Waals surface area (Å²) in [6.07, 6.45) is 1.86. The second-order valence-corrected chi connectivity index (χ2v) is 11.4. The number of rotatable bonds is 10. The van der Waals surface area contributed by atoms with Crippen LogP contribution in [0, 0.1) is 0 Å². The van der Waals surface area contributed by atoms with Crippen molar-refractivity contribution in [1.29, 1.82) is 0 Å². The van der Waals surface area contributed by atoms with E-state index in [-0.39, 0.29) is 17.9 Å². The zero-order valence-corrected chi connectivity index (χ0v) is 21.9. The van der Waals surface area contributed by atoms with E-state index in [1.165, 1.54) is 4.90 Å². The van der Waals surface area contributed by atoms with Gasteiger partial charge in [0.25, 0.3) is 0 Å². The second-order valence-electron chi connectivity index (χ2n) is 9.54. The van der Waals surface area contributed by atoms with Gasteiger partial charge >= 0.3 is 0 Å². The van der Waals surface area contributed by atoms with Gasteiger partial charge in [0, 0.05) is 13.1 Å². The van der Waals surface area contributed by atoms with E-state index < -0.39 is 28.5 Å². The molecule has 0 saturated heterocycles. The molecule has 2 rings (SSSR count). The van der Waals surface area contributed by atoms with E-state index in [1.54, 1.807) is 19.1 Å². The van der Waals surface area contributed by atoms with E-state index in [4.69, 9.17) is 0 Å². The number of carbonyl (C=O) groups excluding carboxylic acids is 2. The normalized spacial score (nSPS) is 12.6. The molecule has 0 aromatic heterocycles. The maximum Gasteiger partial charge on any atom is 0.244 e. The fraction of sp³-hybridized carbons (Fsp3) is 0.462. The van der Waals surface area contributed by atoms with Crippen LogP contribution in [0.4, 0.5) is 5.69 Å². The van der Waals surface area contributed by atoms with Crippen molar-refractivity contribution in [2.75, 3.05) is 23.7 Å². The second kappa shape index (κ2) is 11.5. The summed E-state index contributed by atoms with van der Waals surface area (Å²) in [5, 5.41) is 2.82.